The third-order valence-corrected chi connectivity index (χ3v) is 5.87. The normalized spacial score (nSPS) is 20.8. The molecule has 3 heterocycles. The van der Waals surface area contributed by atoms with E-state index in [4.69, 9.17) is 21.7 Å². The van der Waals surface area contributed by atoms with Crippen molar-refractivity contribution in [2.24, 2.45) is 0 Å². The number of aromatic nitrogens is 2. The predicted octanol–water partition coefficient (Wildman–Crippen LogP) is 4.18. The van der Waals surface area contributed by atoms with Crippen LogP contribution in [-0.2, 0) is 0 Å². The molecule has 2 aliphatic heterocycles. The number of nitrogens with one attached hydrogen (secondary N) is 1. The van der Waals surface area contributed by atoms with E-state index in [-0.39, 0.29) is 6.10 Å². The maximum absolute atomic E-state index is 6.12. The Morgan fingerprint density at radius 3 is 2.59 bits per heavy atom. The molecule has 1 unspecified atom stereocenters. The number of para-hydroxylation sites is 4. The van der Waals surface area contributed by atoms with Crippen LogP contribution in [0.25, 0.3) is 11.0 Å². The number of nitrogens with zero attached hydrogens (tertiary/aromatic N) is 2. The Morgan fingerprint density at radius 2 is 1.74 bits per heavy atom. The van der Waals surface area contributed by atoms with E-state index in [0.29, 0.717) is 12.6 Å². The first kappa shape index (κ1) is 16.8. The second kappa shape index (κ2) is 7.02. The molecule has 6 heteroatoms. The zero-order chi connectivity index (χ0) is 18.2. The van der Waals surface area contributed by atoms with E-state index < -0.39 is 0 Å². The number of benzene rings is 2. The molecule has 27 heavy (non-hydrogen) atoms. The standard InChI is InChI=1S/C21H23N3O2S/c27-21-22-17-5-1-2-6-18(17)24(21)15-9-11-23(12-10-15)13-16-14-25-19-7-3-4-8-20(19)26-16/h1-8,15-16H,9-14H2,(H,22,27). The molecular weight excluding hydrogens is 358 g/mol. The minimum atomic E-state index is 0.0895. The average Bonchev–Trinajstić information content (AvgIpc) is 3.04. The van der Waals surface area contributed by atoms with Crippen LogP contribution in [0.2, 0.25) is 0 Å². The Morgan fingerprint density at radius 1 is 1.00 bits per heavy atom. The minimum absolute atomic E-state index is 0.0895. The molecule has 2 aliphatic rings. The van der Waals surface area contributed by atoms with E-state index in [1.54, 1.807) is 0 Å². The number of hydrogen-bond donors (Lipinski definition) is 1. The molecular formula is C21H23N3O2S. The lowest BCUT2D eigenvalue weighted by Crippen LogP contribution is -2.44. The molecule has 5 nitrogen and oxygen atoms in total. The van der Waals surface area contributed by atoms with Crippen molar-refractivity contribution >= 4 is 23.3 Å². The number of aromatic amines is 1. The Bertz CT molecular complexity index is 1000. The first-order valence-corrected chi connectivity index (χ1v) is 9.99. The van der Waals surface area contributed by atoms with Crippen molar-refractivity contribution in [3.63, 3.8) is 0 Å². The summed E-state index contributed by atoms with van der Waals surface area (Å²) in [6, 6.07) is 16.7. The summed E-state index contributed by atoms with van der Waals surface area (Å²) in [7, 11) is 0. The van der Waals surface area contributed by atoms with Crippen molar-refractivity contribution in [3.8, 4) is 11.5 Å². The average molecular weight is 382 g/mol. The summed E-state index contributed by atoms with van der Waals surface area (Å²) < 4.78 is 15.1. The van der Waals surface area contributed by atoms with Gasteiger partial charge in [-0.1, -0.05) is 24.3 Å². The quantitative estimate of drug-likeness (QED) is 0.692. The fourth-order valence-corrected chi connectivity index (χ4v) is 4.60. The van der Waals surface area contributed by atoms with E-state index in [9.17, 15) is 0 Å². The Kier molecular flexibility index (Phi) is 4.38. The highest BCUT2D eigenvalue weighted by molar-refractivity contribution is 7.71. The van der Waals surface area contributed by atoms with Crippen molar-refractivity contribution in [2.45, 2.75) is 25.0 Å². The van der Waals surface area contributed by atoms with Crippen LogP contribution < -0.4 is 9.47 Å². The number of likely N-dealkylation sites (tertiary alicyclic amines) is 1. The fraction of sp³-hybridized carbons (Fsp3) is 0.381. The van der Waals surface area contributed by atoms with Gasteiger partial charge in [0, 0.05) is 25.7 Å². The lowest BCUT2D eigenvalue weighted by Gasteiger charge is -2.36. The second-order valence-electron chi connectivity index (χ2n) is 7.35. The maximum Gasteiger partial charge on any atom is 0.178 e. The summed E-state index contributed by atoms with van der Waals surface area (Å²) in [6.45, 7) is 3.62. The van der Waals surface area contributed by atoms with Crippen LogP contribution in [0.15, 0.2) is 48.5 Å². The molecule has 1 aromatic heterocycles. The summed E-state index contributed by atoms with van der Waals surface area (Å²) >= 11 is 5.59. The fourth-order valence-electron chi connectivity index (χ4n) is 4.24. The van der Waals surface area contributed by atoms with Crippen molar-refractivity contribution in [1.29, 1.82) is 0 Å². The largest absolute Gasteiger partial charge is 0.486 e. The summed E-state index contributed by atoms with van der Waals surface area (Å²) in [5.74, 6) is 1.70. The Labute approximate surface area is 163 Å². The second-order valence-corrected chi connectivity index (χ2v) is 7.73. The Balaban J connectivity index is 1.23. The van der Waals surface area contributed by atoms with Gasteiger partial charge in [-0.25, -0.2) is 0 Å². The van der Waals surface area contributed by atoms with Gasteiger partial charge in [-0.05, 0) is 49.3 Å². The van der Waals surface area contributed by atoms with Crippen molar-refractivity contribution < 1.29 is 9.47 Å². The van der Waals surface area contributed by atoms with E-state index in [1.165, 1.54) is 5.52 Å². The first-order chi connectivity index (χ1) is 13.3. The van der Waals surface area contributed by atoms with Gasteiger partial charge in [0.05, 0.1) is 11.0 Å². The minimum Gasteiger partial charge on any atom is -0.486 e. The summed E-state index contributed by atoms with van der Waals surface area (Å²) in [5.41, 5.74) is 2.33. The van der Waals surface area contributed by atoms with Crippen LogP contribution in [0.3, 0.4) is 0 Å². The number of piperidine rings is 1. The number of fused-ring (bicyclic) bond motifs is 2. The Hall–Kier alpha value is -2.31. The van der Waals surface area contributed by atoms with Crippen LogP contribution in [-0.4, -0.2) is 46.8 Å². The summed E-state index contributed by atoms with van der Waals surface area (Å²) in [4.78, 5) is 5.82. The molecule has 140 valence electrons. The highest BCUT2D eigenvalue weighted by Gasteiger charge is 2.27. The SMILES string of the molecule is S=c1[nH]c2ccccc2n1C1CCN(CC2COc3ccccc3O2)CC1. The smallest absolute Gasteiger partial charge is 0.178 e. The van der Waals surface area contributed by atoms with E-state index in [2.05, 4.69) is 32.7 Å². The van der Waals surface area contributed by atoms with Crippen LogP contribution in [0.5, 0.6) is 11.5 Å². The van der Waals surface area contributed by atoms with Crippen molar-refractivity contribution in [3.05, 3.63) is 53.3 Å². The topological polar surface area (TPSA) is 42.4 Å². The van der Waals surface area contributed by atoms with Gasteiger partial charge in [0.25, 0.3) is 0 Å². The van der Waals surface area contributed by atoms with Gasteiger partial charge in [0.1, 0.15) is 12.7 Å². The molecule has 0 radical (unpaired) electrons. The number of imidazole rings is 1. The molecule has 3 aromatic rings. The molecule has 0 spiro atoms. The zero-order valence-electron chi connectivity index (χ0n) is 15.1. The molecule has 1 fully saturated rings. The molecule has 0 saturated carbocycles. The molecule has 1 atom stereocenters. The van der Waals surface area contributed by atoms with Crippen LogP contribution in [0, 0.1) is 4.77 Å². The maximum atomic E-state index is 6.12. The van der Waals surface area contributed by atoms with E-state index in [1.807, 2.05) is 30.3 Å². The number of rotatable bonds is 3. The van der Waals surface area contributed by atoms with Gasteiger partial charge in [-0.2, -0.15) is 0 Å². The number of hydrogen-bond acceptors (Lipinski definition) is 4. The van der Waals surface area contributed by atoms with Crippen molar-refractivity contribution in [2.75, 3.05) is 26.2 Å². The zero-order valence-corrected chi connectivity index (χ0v) is 16.0. The summed E-state index contributed by atoms with van der Waals surface area (Å²) in [5, 5.41) is 0. The monoisotopic (exact) mass is 381 g/mol. The van der Waals surface area contributed by atoms with E-state index >= 15 is 0 Å². The van der Waals surface area contributed by atoms with Gasteiger partial charge in [0.2, 0.25) is 0 Å². The third-order valence-electron chi connectivity index (χ3n) is 5.58. The molecule has 5 rings (SSSR count). The molecule has 2 aromatic carbocycles. The van der Waals surface area contributed by atoms with Crippen LogP contribution >= 0.6 is 12.2 Å². The highest BCUT2D eigenvalue weighted by Crippen LogP contribution is 2.32. The molecule has 0 bridgehead atoms. The van der Waals surface area contributed by atoms with Gasteiger partial charge in [0.15, 0.2) is 16.3 Å². The summed E-state index contributed by atoms with van der Waals surface area (Å²) in [6.07, 6.45) is 2.28. The van der Waals surface area contributed by atoms with Gasteiger partial charge in [-0.15, -0.1) is 0 Å². The van der Waals surface area contributed by atoms with Crippen molar-refractivity contribution in [1.82, 2.24) is 14.5 Å². The van der Waals surface area contributed by atoms with E-state index in [0.717, 1.165) is 54.3 Å². The number of H-pyrrole nitrogens is 1. The van der Waals surface area contributed by atoms with Crippen LogP contribution in [0.4, 0.5) is 0 Å². The third kappa shape index (κ3) is 3.24. The first-order valence-electron chi connectivity index (χ1n) is 9.58. The van der Waals surface area contributed by atoms with Crippen LogP contribution in [0.1, 0.15) is 18.9 Å². The molecule has 1 N–H and O–H groups in total. The molecule has 0 amide bonds. The molecule has 0 aliphatic carbocycles. The lowest BCUT2D eigenvalue weighted by molar-refractivity contribution is 0.0486. The number of ether oxygens (including phenoxy) is 2. The molecule has 1 saturated heterocycles. The van der Waals surface area contributed by atoms with Gasteiger partial charge in [-0.3, -0.25) is 4.90 Å². The van der Waals surface area contributed by atoms with Gasteiger partial charge >= 0.3 is 0 Å². The lowest BCUT2D eigenvalue weighted by atomic mass is 10.0. The highest BCUT2D eigenvalue weighted by atomic mass is 32.1. The predicted molar refractivity (Wildman–Crippen MR) is 108 cm³/mol. The van der Waals surface area contributed by atoms with Gasteiger partial charge < -0.3 is 19.0 Å².